The lowest BCUT2D eigenvalue weighted by atomic mass is 9.86. The van der Waals surface area contributed by atoms with Crippen molar-refractivity contribution < 1.29 is 9.53 Å². The van der Waals surface area contributed by atoms with Gasteiger partial charge in [0, 0.05) is 17.6 Å². The van der Waals surface area contributed by atoms with E-state index in [1.165, 1.54) is 7.11 Å². The van der Waals surface area contributed by atoms with Crippen molar-refractivity contribution in [2.24, 2.45) is 5.92 Å². The Kier molecular flexibility index (Phi) is 5.83. The van der Waals surface area contributed by atoms with Crippen molar-refractivity contribution in [2.75, 3.05) is 12.4 Å². The summed E-state index contributed by atoms with van der Waals surface area (Å²) in [5.74, 6) is 0.157. The van der Waals surface area contributed by atoms with Crippen LogP contribution in [0.2, 0.25) is 0 Å². The first-order chi connectivity index (χ1) is 10.6. The van der Waals surface area contributed by atoms with Crippen molar-refractivity contribution in [3.63, 3.8) is 0 Å². The van der Waals surface area contributed by atoms with Gasteiger partial charge >= 0.3 is 5.97 Å². The largest absolute Gasteiger partial charge is 0.469 e. The highest BCUT2D eigenvalue weighted by Gasteiger charge is 2.21. The molecule has 118 valence electrons. The molecule has 0 unspecified atom stereocenters. The number of benzene rings is 1. The lowest BCUT2D eigenvalue weighted by Crippen LogP contribution is -2.26. The summed E-state index contributed by atoms with van der Waals surface area (Å²) in [5, 5.41) is 12.6. The molecule has 1 N–H and O–H groups in total. The van der Waals surface area contributed by atoms with E-state index in [-0.39, 0.29) is 17.8 Å². The second-order valence-electron chi connectivity index (χ2n) is 6.14. The van der Waals surface area contributed by atoms with Crippen LogP contribution < -0.4 is 5.32 Å². The molecule has 0 heterocycles. The Morgan fingerprint density at radius 3 is 2.77 bits per heavy atom. The van der Waals surface area contributed by atoms with Crippen molar-refractivity contribution in [1.29, 1.82) is 5.26 Å². The number of methoxy groups -OCH3 is 1. The zero-order valence-corrected chi connectivity index (χ0v) is 13.3. The van der Waals surface area contributed by atoms with Gasteiger partial charge in [0.05, 0.1) is 19.6 Å². The van der Waals surface area contributed by atoms with Gasteiger partial charge in [0.1, 0.15) is 0 Å². The first-order valence-corrected chi connectivity index (χ1v) is 7.95. The normalized spacial score (nSPS) is 22.4. The van der Waals surface area contributed by atoms with Crippen LogP contribution in [-0.2, 0) is 9.53 Å². The molecule has 3 atom stereocenters. The summed E-state index contributed by atoms with van der Waals surface area (Å²) in [6, 6.07) is 11.0. The highest BCUT2D eigenvalue weighted by atomic mass is 16.5. The van der Waals surface area contributed by atoms with E-state index in [4.69, 9.17) is 10.00 Å². The molecule has 0 aliphatic heterocycles. The maximum absolute atomic E-state index is 11.3. The molecule has 1 fully saturated rings. The summed E-state index contributed by atoms with van der Waals surface area (Å²) in [4.78, 5) is 11.3. The molecular formula is C18H24N2O2. The van der Waals surface area contributed by atoms with Crippen LogP contribution in [0.4, 0.5) is 5.69 Å². The number of hydrogen-bond donors (Lipinski definition) is 1. The third kappa shape index (κ3) is 4.49. The Balaban J connectivity index is 1.91. The lowest BCUT2D eigenvalue weighted by Gasteiger charge is -2.27. The van der Waals surface area contributed by atoms with Gasteiger partial charge < -0.3 is 10.1 Å². The smallest absolute Gasteiger partial charge is 0.306 e. The van der Waals surface area contributed by atoms with Gasteiger partial charge in [-0.3, -0.25) is 4.79 Å². The standard InChI is InChI=1S/C18H24N2O2/c1-13(10-18(21)22-2)15-6-8-16(9-7-15)20-17-5-3-4-14(11-17)12-19/h6-9,13-14,17,20H,3-5,10-11H2,1-2H3/t13-,14+,17-/m0/s1. The van der Waals surface area contributed by atoms with E-state index in [0.717, 1.165) is 36.9 Å². The third-order valence-corrected chi connectivity index (χ3v) is 4.41. The Morgan fingerprint density at radius 2 is 2.14 bits per heavy atom. The molecule has 0 bridgehead atoms. The number of nitriles is 1. The summed E-state index contributed by atoms with van der Waals surface area (Å²) < 4.78 is 4.71. The van der Waals surface area contributed by atoms with Crippen molar-refractivity contribution >= 4 is 11.7 Å². The number of nitrogens with one attached hydrogen (secondary N) is 1. The maximum Gasteiger partial charge on any atom is 0.306 e. The fourth-order valence-electron chi connectivity index (χ4n) is 3.03. The zero-order chi connectivity index (χ0) is 15.9. The van der Waals surface area contributed by atoms with Crippen molar-refractivity contribution in [1.82, 2.24) is 0 Å². The Labute approximate surface area is 132 Å². The summed E-state index contributed by atoms with van der Waals surface area (Å²) in [5.41, 5.74) is 2.21. The second-order valence-corrected chi connectivity index (χ2v) is 6.14. The van der Waals surface area contributed by atoms with Crippen LogP contribution in [0.1, 0.15) is 50.5 Å². The SMILES string of the molecule is COC(=O)C[C@H](C)c1ccc(N[C@H]2CCC[C@@H](C#N)C2)cc1. The zero-order valence-electron chi connectivity index (χ0n) is 13.3. The van der Waals surface area contributed by atoms with Crippen LogP contribution >= 0.6 is 0 Å². The molecule has 1 aliphatic rings. The minimum atomic E-state index is -0.181. The van der Waals surface area contributed by atoms with E-state index in [1.807, 2.05) is 6.92 Å². The molecule has 1 saturated carbocycles. The lowest BCUT2D eigenvalue weighted by molar-refractivity contribution is -0.140. The number of ether oxygens (including phenoxy) is 1. The molecule has 1 aromatic rings. The van der Waals surface area contributed by atoms with Crippen LogP contribution in [0.5, 0.6) is 0 Å². The molecule has 0 aromatic heterocycles. The monoisotopic (exact) mass is 300 g/mol. The molecule has 0 saturated heterocycles. The summed E-state index contributed by atoms with van der Waals surface area (Å²) in [6.45, 7) is 2.03. The van der Waals surface area contributed by atoms with Gasteiger partial charge in [0.2, 0.25) is 0 Å². The van der Waals surface area contributed by atoms with Crippen molar-refractivity contribution in [3.8, 4) is 6.07 Å². The van der Waals surface area contributed by atoms with Crippen LogP contribution in [0.15, 0.2) is 24.3 Å². The predicted molar refractivity (Wildman–Crippen MR) is 86.5 cm³/mol. The molecule has 4 heteroatoms. The fourth-order valence-corrected chi connectivity index (χ4v) is 3.03. The maximum atomic E-state index is 11.3. The number of carbonyl (C=O) groups is 1. The van der Waals surface area contributed by atoms with E-state index in [1.54, 1.807) is 0 Å². The summed E-state index contributed by atoms with van der Waals surface area (Å²) in [7, 11) is 1.42. The second kappa shape index (κ2) is 7.84. The predicted octanol–water partition coefficient (Wildman–Crippen LogP) is 3.85. The van der Waals surface area contributed by atoms with Crippen molar-refractivity contribution in [2.45, 2.75) is 51.0 Å². The van der Waals surface area contributed by atoms with Gasteiger partial charge in [-0.2, -0.15) is 5.26 Å². The quantitative estimate of drug-likeness (QED) is 0.839. The van der Waals surface area contributed by atoms with Crippen LogP contribution in [0.3, 0.4) is 0 Å². The molecule has 1 aromatic carbocycles. The molecule has 0 amide bonds. The van der Waals surface area contributed by atoms with Gasteiger partial charge in [0.15, 0.2) is 0 Å². The molecule has 0 spiro atoms. The number of anilines is 1. The Hall–Kier alpha value is -2.02. The Morgan fingerprint density at radius 1 is 1.41 bits per heavy atom. The first kappa shape index (κ1) is 16.4. The van der Waals surface area contributed by atoms with Gasteiger partial charge in [-0.1, -0.05) is 25.5 Å². The average Bonchev–Trinajstić information content (AvgIpc) is 2.55. The van der Waals surface area contributed by atoms with E-state index in [2.05, 4.69) is 35.7 Å². The highest BCUT2D eigenvalue weighted by Crippen LogP contribution is 2.27. The van der Waals surface area contributed by atoms with Crippen LogP contribution in [0, 0.1) is 17.2 Å². The summed E-state index contributed by atoms with van der Waals surface area (Å²) in [6.07, 6.45) is 4.59. The minimum absolute atomic E-state index is 0.152. The van der Waals surface area contributed by atoms with E-state index in [9.17, 15) is 4.79 Å². The Bertz CT molecular complexity index is 533. The molecule has 22 heavy (non-hydrogen) atoms. The molecule has 1 aliphatic carbocycles. The van der Waals surface area contributed by atoms with Gasteiger partial charge in [0.25, 0.3) is 0 Å². The number of rotatable bonds is 5. The summed E-state index contributed by atoms with van der Waals surface area (Å²) >= 11 is 0. The number of nitrogens with zero attached hydrogens (tertiary/aromatic N) is 1. The number of hydrogen-bond acceptors (Lipinski definition) is 4. The highest BCUT2D eigenvalue weighted by molar-refractivity contribution is 5.70. The van der Waals surface area contributed by atoms with Crippen LogP contribution in [0.25, 0.3) is 0 Å². The molecule has 0 radical (unpaired) electrons. The van der Waals surface area contributed by atoms with Gasteiger partial charge in [-0.25, -0.2) is 0 Å². The molecule has 2 rings (SSSR count). The van der Waals surface area contributed by atoms with Gasteiger partial charge in [-0.05, 0) is 42.9 Å². The minimum Gasteiger partial charge on any atom is -0.469 e. The average molecular weight is 300 g/mol. The molecule has 4 nitrogen and oxygen atoms in total. The van der Waals surface area contributed by atoms with E-state index < -0.39 is 0 Å². The van der Waals surface area contributed by atoms with E-state index in [0.29, 0.717) is 12.5 Å². The van der Waals surface area contributed by atoms with E-state index >= 15 is 0 Å². The van der Waals surface area contributed by atoms with Gasteiger partial charge in [-0.15, -0.1) is 0 Å². The third-order valence-electron chi connectivity index (χ3n) is 4.41. The first-order valence-electron chi connectivity index (χ1n) is 7.95. The topological polar surface area (TPSA) is 62.1 Å². The molecular weight excluding hydrogens is 276 g/mol. The van der Waals surface area contributed by atoms with Crippen LogP contribution in [-0.4, -0.2) is 19.1 Å². The van der Waals surface area contributed by atoms with Crippen molar-refractivity contribution in [3.05, 3.63) is 29.8 Å². The number of esters is 1. The fraction of sp³-hybridized carbons (Fsp3) is 0.556. The number of carbonyl (C=O) groups excluding carboxylic acids is 1.